The van der Waals surface area contributed by atoms with E-state index in [-0.39, 0.29) is 12.1 Å². The molecule has 5 nitrogen and oxygen atoms in total. The molecule has 1 atom stereocenters. The van der Waals surface area contributed by atoms with Gasteiger partial charge in [-0.3, -0.25) is 4.72 Å². The summed E-state index contributed by atoms with van der Waals surface area (Å²) in [6.45, 7) is 2.05. The Hall–Kier alpha value is -1.11. The van der Waals surface area contributed by atoms with Crippen molar-refractivity contribution in [2.24, 2.45) is 0 Å². The first-order chi connectivity index (χ1) is 8.50. The fourth-order valence-electron chi connectivity index (χ4n) is 1.61. The Morgan fingerprint density at radius 3 is 2.33 bits per heavy atom. The van der Waals surface area contributed by atoms with Crippen molar-refractivity contribution in [2.45, 2.75) is 31.8 Å². The molecule has 0 aromatic heterocycles. The van der Waals surface area contributed by atoms with Crippen LogP contribution in [0.15, 0.2) is 24.3 Å². The molecular weight excluding hydrogens is 250 g/mol. The van der Waals surface area contributed by atoms with Gasteiger partial charge in [0.1, 0.15) is 0 Å². The van der Waals surface area contributed by atoms with Crippen LogP contribution in [0, 0.1) is 0 Å². The first kappa shape index (κ1) is 13.3. The molecule has 0 aliphatic heterocycles. The smallest absolute Gasteiger partial charge is 0.299 e. The molecule has 0 heterocycles. The summed E-state index contributed by atoms with van der Waals surface area (Å²) in [7, 11) is -1.54. The van der Waals surface area contributed by atoms with Gasteiger partial charge in [-0.05, 0) is 44.5 Å². The summed E-state index contributed by atoms with van der Waals surface area (Å²) in [5, 5.41) is 3.13. The summed E-state index contributed by atoms with van der Waals surface area (Å²) in [5.74, 6) is 0. The molecule has 1 aliphatic rings. The Labute approximate surface area is 108 Å². The van der Waals surface area contributed by atoms with E-state index in [0.717, 1.165) is 18.4 Å². The van der Waals surface area contributed by atoms with Crippen LogP contribution in [0.4, 0.5) is 5.69 Å². The van der Waals surface area contributed by atoms with E-state index in [1.807, 2.05) is 26.1 Å². The third-order valence-electron chi connectivity index (χ3n) is 3.00. The van der Waals surface area contributed by atoms with Crippen LogP contribution in [-0.4, -0.2) is 21.5 Å². The topological polar surface area (TPSA) is 70.2 Å². The Morgan fingerprint density at radius 1 is 1.22 bits per heavy atom. The van der Waals surface area contributed by atoms with E-state index >= 15 is 0 Å². The van der Waals surface area contributed by atoms with E-state index in [1.165, 1.54) is 0 Å². The number of nitrogens with one attached hydrogen (secondary N) is 3. The SMILES string of the molecule is CNC(C)c1ccc(NS(=O)(=O)NC2CC2)cc1. The molecule has 0 radical (unpaired) electrons. The highest BCUT2D eigenvalue weighted by Gasteiger charge is 2.26. The quantitative estimate of drug-likeness (QED) is 0.730. The fraction of sp³-hybridized carbons (Fsp3) is 0.500. The number of hydrogen-bond acceptors (Lipinski definition) is 3. The zero-order valence-corrected chi connectivity index (χ0v) is 11.4. The molecule has 6 heteroatoms. The van der Waals surface area contributed by atoms with E-state index in [2.05, 4.69) is 14.8 Å². The predicted octanol–water partition coefficient (Wildman–Crippen LogP) is 1.38. The molecule has 0 spiro atoms. The molecule has 18 heavy (non-hydrogen) atoms. The molecule has 1 unspecified atom stereocenters. The predicted molar refractivity (Wildman–Crippen MR) is 72.6 cm³/mol. The third-order valence-corrected chi connectivity index (χ3v) is 4.14. The van der Waals surface area contributed by atoms with Crippen molar-refractivity contribution in [1.82, 2.24) is 10.0 Å². The second-order valence-electron chi connectivity index (χ2n) is 4.63. The van der Waals surface area contributed by atoms with Crippen molar-refractivity contribution < 1.29 is 8.42 Å². The second-order valence-corrected chi connectivity index (χ2v) is 6.08. The molecule has 3 N–H and O–H groups in total. The molecule has 100 valence electrons. The lowest BCUT2D eigenvalue weighted by atomic mass is 10.1. The summed E-state index contributed by atoms with van der Waals surface area (Å²) in [6.07, 6.45) is 1.86. The van der Waals surface area contributed by atoms with Gasteiger partial charge in [0.15, 0.2) is 0 Å². The summed E-state index contributed by atoms with van der Waals surface area (Å²) < 4.78 is 28.5. The largest absolute Gasteiger partial charge is 0.313 e. The van der Waals surface area contributed by atoms with Crippen LogP contribution >= 0.6 is 0 Å². The van der Waals surface area contributed by atoms with Crippen LogP contribution in [-0.2, 0) is 10.2 Å². The molecule has 1 fully saturated rings. The molecule has 2 rings (SSSR count). The normalized spacial score (nSPS) is 17.4. The first-order valence-corrected chi connectivity index (χ1v) is 7.56. The van der Waals surface area contributed by atoms with Crippen molar-refractivity contribution in [3.05, 3.63) is 29.8 Å². The van der Waals surface area contributed by atoms with E-state index in [1.54, 1.807) is 12.1 Å². The fourth-order valence-corrected chi connectivity index (χ4v) is 2.79. The van der Waals surface area contributed by atoms with Crippen LogP contribution in [0.1, 0.15) is 31.4 Å². The molecule has 1 aromatic carbocycles. The van der Waals surface area contributed by atoms with Crippen molar-refractivity contribution in [1.29, 1.82) is 0 Å². The van der Waals surface area contributed by atoms with Gasteiger partial charge >= 0.3 is 0 Å². The summed E-state index contributed by atoms with van der Waals surface area (Å²) in [5.41, 5.74) is 1.70. The summed E-state index contributed by atoms with van der Waals surface area (Å²) in [6, 6.07) is 7.74. The van der Waals surface area contributed by atoms with Crippen molar-refractivity contribution in [3.8, 4) is 0 Å². The van der Waals surface area contributed by atoms with Crippen LogP contribution in [0.5, 0.6) is 0 Å². The maximum Gasteiger partial charge on any atom is 0.299 e. The maximum atomic E-state index is 11.7. The first-order valence-electron chi connectivity index (χ1n) is 6.07. The molecule has 1 aliphatic carbocycles. The van der Waals surface area contributed by atoms with Crippen molar-refractivity contribution >= 4 is 15.9 Å². The average molecular weight is 269 g/mol. The molecule has 1 saturated carbocycles. The van der Waals surface area contributed by atoms with E-state index < -0.39 is 10.2 Å². The minimum Gasteiger partial charge on any atom is -0.313 e. The number of anilines is 1. The minimum absolute atomic E-state index is 0.117. The Bertz CT molecular complexity index is 495. The van der Waals surface area contributed by atoms with E-state index in [9.17, 15) is 8.42 Å². The minimum atomic E-state index is -3.43. The van der Waals surface area contributed by atoms with Gasteiger partial charge in [-0.15, -0.1) is 0 Å². The lowest BCUT2D eigenvalue weighted by Gasteiger charge is -2.12. The van der Waals surface area contributed by atoms with Crippen LogP contribution in [0.3, 0.4) is 0 Å². The summed E-state index contributed by atoms with van der Waals surface area (Å²) in [4.78, 5) is 0. The highest BCUT2D eigenvalue weighted by molar-refractivity contribution is 7.90. The van der Waals surface area contributed by atoms with Gasteiger partial charge in [0, 0.05) is 17.8 Å². The maximum absolute atomic E-state index is 11.7. The monoisotopic (exact) mass is 269 g/mol. The lowest BCUT2D eigenvalue weighted by Crippen LogP contribution is -2.31. The zero-order valence-electron chi connectivity index (χ0n) is 10.6. The second kappa shape index (κ2) is 5.26. The molecule has 0 saturated heterocycles. The third kappa shape index (κ3) is 3.69. The van der Waals surface area contributed by atoms with E-state index in [0.29, 0.717) is 5.69 Å². The van der Waals surface area contributed by atoms with Gasteiger partial charge in [-0.2, -0.15) is 13.1 Å². The van der Waals surface area contributed by atoms with Gasteiger partial charge in [0.05, 0.1) is 0 Å². The number of benzene rings is 1. The van der Waals surface area contributed by atoms with Crippen molar-refractivity contribution in [3.63, 3.8) is 0 Å². The van der Waals surface area contributed by atoms with Crippen molar-refractivity contribution in [2.75, 3.05) is 11.8 Å². The molecule has 1 aromatic rings. The Kier molecular flexibility index (Phi) is 3.89. The van der Waals surface area contributed by atoms with Gasteiger partial charge in [0.2, 0.25) is 0 Å². The molecule has 0 amide bonds. The van der Waals surface area contributed by atoms with E-state index in [4.69, 9.17) is 0 Å². The van der Waals surface area contributed by atoms with Gasteiger partial charge in [-0.1, -0.05) is 12.1 Å². The molecular formula is C12H19N3O2S. The Balaban J connectivity index is 2.01. The van der Waals surface area contributed by atoms with Gasteiger partial charge in [0.25, 0.3) is 10.2 Å². The average Bonchev–Trinajstić information content (AvgIpc) is 3.11. The zero-order chi connectivity index (χ0) is 13.2. The highest BCUT2D eigenvalue weighted by Crippen LogP contribution is 2.21. The highest BCUT2D eigenvalue weighted by atomic mass is 32.2. The Morgan fingerprint density at radius 2 is 1.83 bits per heavy atom. The van der Waals surface area contributed by atoms with Gasteiger partial charge < -0.3 is 5.32 Å². The van der Waals surface area contributed by atoms with Gasteiger partial charge in [-0.25, -0.2) is 0 Å². The molecule has 0 bridgehead atoms. The lowest BCUT2D eigenvalue weighted by molar-refractivity contribution is 0.586. The van der Waals surface area contributed by atoms with Crippen LogP contribution in [0.25, 0.3) is 0 Å². The number of hydrogen-bond donors (Lipinski definition) is 3. The van der Waals surface area contributed by atoms with Crippen LogP contribution < -0.4 is 14.8 Å². The summed E-state index contributed by atoms with van der Waals surface area (Å²) >= 11 is 0. The van der Waals surface area contributed by atoms with Crippen LogP contribution in [0.2, 0.25) is 0 Å². The standard InChI is InChI=1S/C12H19N3O2S/c1-9(13-2)10-3-5-11(6-4-10)14-18(16,17)15-12-7-8-12/h3-6,9,12-15H,7-8H2,1-2H3. The number of rotatable bonds is 6.